The van der Waals surface area contributed by atoms with Crippen LogP contribution in [0.5, 0.6) is 0 Å². The van der Waals surface area contributed by atoms with Gasteiger partial charge in [-0.1, -0.05) is 19.0 Å². The number of aromatic nitrogens is 2. The Morgan fingerprint density at radius 2 is 1.79 bits per heavy atom. The number of H-pyrrole nitrogens is 1. The van der Waals surface area contributed by atoms with E-state index in [0.717, 1.165) is 6.26 Å². The van der Waals surface area contributed by atoms with Gasteiger partial charge in [0, 0.05) is 11.4 Å². The van der Waals surface area contributed by atoms with Gasteiger partial charge in [0.25, 0.3) is 0 Å². The topological polar surface area (TPSA) is 134 Å². The number of aromatic amines is 1. The summed E-state index contributed by atoms with van der Waals surface area (Å²) in [5, 5.41) is 6.28. The average molecular weight is 354 g/mol. The molecule has 1 atom stereocenters. The molecular formula is C14H18N4O5S. The molecule has 1 aromatic heterocycles. The normalized spacial score (nSPS) is 12.8. The number of hydrogen-bond donors (Lipinski definition) is 3. The summed E-state index contributed by atoms with van der Waals surface area (Å²) in [6.45, 7) is 3.63. The predicted molar refractivity (Wildman–Crippen MR) is 88.2 cm³/mol. The molecule has 130 valence electrons. The Morgan fingerprint density at radius 1 is 1.21 bits per heavy atom. The summed E-state index contributed by atoms with van der Waals surface area (Å²) >= 11 is 0. The van der Waals surface area contributed by atoms with Gasteiger partial charge < -0.3 is 5.32 Å². The molecular weight excluding hydrogens is 336 g/mol. The quantitative estimate of drug-likeness (QED) is 0.711. The van der Waals surface area contributed by atoms with Gasteiger partial charge in [-0.05, 0) is 30.2 Å². The van der Waals surface area contributed by atoms with Crippen molar-refractivity contribution in [3.8, 4) is 0 Å². The number of amides is 1. The molecule has 0 saturated carbocycles. The highest BCUT2D eigenvalue weighted by molar-refractivity contribution is 7.92. The van der Waals surface area contributed by atoms with Crippen molar-refractivity contribution in [1.82, 2.24) is 10.1 Å². The highest BCUT2D eigenvalue weighted by Gasteiger charge is 2.28. The number of nitrogens with zero attached hydrogens (tertiary/aromatic N) is 1. The van der Waals surface area contributed by atoms with Crippen LogP contribution in [0.1, 0.15) is 25.6 Å². The van der Waals surface area contributed by atoms with Gasteiger partial charge in [0.05, 0.1) is 6.26 Å². The molecule has 3 N–H and O–H groups in total. The molecule has 0 aliphatic carbocycles. The van der Waals surface area contributed by atoms with E-state index in [-0.39, 0.29) is 17.6 Å². The second kappa shape index (κ2) is 6.87. The van der Waals surface area contributed by atoms with Crippen LogP contribution >= 0.6 is 0 Å². The molecule has 2 aromatic rings. The molecule has 10 heteroatoms. The number of benzene rings is 1. The van der Waals surface area contributed by atoms with Crippen molar-refractivity contribution in [2.24, 2.45) is 5.92 Å². The van der Waals surface area contributed by atoms with Gasteiger partial charge in [0.2, 0.25) is 15.9 Å². The molecule has 24 heavy (non-hydrogen) atoms. The minimum absolute atomic E-state index is 0.128. The fraction of sp³-hybridized carbons (Fsp3) is 0.357. The first-order chi connectivity index (χ1) is 11.2. The summed E-state index contributed by atoms with van der Waals surface area (Å²) < 4.78 is 29.1. The molecule has 0 saturated heterocycles. The third-order valence-corrected chi connectivity index (χ3v) is 3.76. The highest BCUT2D eigenvalue weighted by atomic mass is 32.2. The van der Waals surface area contributed by atoms with Gasteiger partial charge in [-0.25, -0.2) is 13.2 Å². The number of hydrogen-bond acceptors (Lipinski definition) is 6. The van der Waals surface area contributed by atoms with Crippen molar-refractivity contribution in [1.29, 1.82) is 0 Å². The zero-order valence-corrected chi connectivity index (χ0v) is 14.2. The van der Waals surface area contributed by atoms with Gasteiger partial charge in [0.1, 0.15) is 5.92 Å². The van der Waals surface area contributed by atoms with E-state index in [1.54, 1.807) is 12.1 Å². The van der Waals surface area contributed by atoms with Crippen molar-refractivity contribution in [3.63, 3.8) is 0 Å². The summed E-state index contributed by atoms with van der Waals surface area (Å²) in [6.07, 6.45) is 1.05. The summed E-state index contributed by atoms with van der Waals surface area (Å²) in [7, 11) is -3.36. The fourth-order valence-electron chi connectivity index (χ4n) is 2.17. The van der Waals surface area contributed by atoms with Crippen LogP contribution in [-0.2, 0) is 14.8 Å². The monoisotopic (exact) mass is 354 g/mol. The minimum atomic E-state index is -3.36. The van der Waals surface area contributed by atoms with Crippen LogP contribution in [0.3, 0.4) is 0 Å². The molecule has 0 aliphatic rings. The van der Waals surface area contributed by atoms with Crippen molar-refractivity contribution in [2.75, 3.05) is 16.3 Å². The van der Waals surface area contributed by atoms with Gasteiger partial charge in [-0.15, -0.1) is 0 Å². The maximum Gasteiger partial charge on any atom is 0.438 e. The first-order valence-electron chi connectivity index (χ1n) is 7.10. The fourth-order valence-corrected chi connectivity index (χ4v) is 2.74. The van der Waals surface area contributed by atoms with Crippen molar-refractivity contribution in [3.05, 3.63) is 40.6 Å². The third kappa shape index (κ3) is 4.69. The molecule has 2 rings (SSSR count). The predicted octanol–water partition coefficient (Wildman–Crippen LogP) is 1.11. The summed E-state index contributed by atoms with van der Waals surface area (Å²) in [4.78, 5) is 25.9. The Labute approximate surface area is 138 Å². The summed E-state index contributed by atoms with van der Waals surface area (Å²) in [5.74, 6) is -1.75. The zero-order valence-electron chi connectivity index (χ0n) is 13.4. The Morgan fingerprint density at radius 3 is 2.25 bits per heavy atom. The lowest BCUT2D eigenvalue weighted by atomic mass is 9.94. The summed E-state index contributed by atoms with van der Waals surface area (Å²) in [5.41, 5.74) is 0.868. The molecule has 0 spiro atoms. The largest absolute Gasteiger partial charge is 0.438 e. The first-order valence-corrected chi connectivity index (χ1v) is 8.99. The van der Waals surface area contributed by atoms with Crippen molar-refractivity contribution >= 4 is 27.3 Å². The highest BCUT2D eigenvalue weighted by Crippen LogP contribution is 2.23. The van der Waals surface area contributed by atoms with E-state index in [0.29, 0.717) is 11.4 Å². The van der Waals surface area contributed by atoms with Gasteiger partial charge in [0.15, 0.2) is 5.82 Å². The number of nitrogens with one attached hydrogen (secondary N) is 3. The minimum Gasteiger partial charge on any atom is -0.325 e. The Bertz CT molecular complexity index is 867. The van der Waals surface area contributed by atoms with Crippen LogP contribution in [0.2, 0.25) is 0 Å². The number of sulfonamides is 1. The van der Waals surface area contributed by atoms with Gasteiger partial charge in [-0.2, -0.15) is 0 Å². The Kier molecular flexibility index (Phi) is 5.07. The standard InChI is InChI=1S/C14H18N4O5S/c1-8(2)11(12-16-14(20)23-17-12)13(19)15-9-4-6-10(7-5-9)18-24(3,21)22/h4-8,11,18H,1-3H3,(H,15,19)(H,16,17,20). The summed E-state index contributed by atoms with van der Waals surface area (Å²) in [6, 6.07) is 6.18. The molecule has 1 amide bonds. The first kappa shape index (κ1) is 17.7. The van der Waals surface area contributed by atoms with Crippen LogP contribution < -0.4 is 15.8 Å². The number of carbonyl (C=O) groups excluding carboxylic acids is 1. The Balaban J connectivity index is 2.14. The second-order valence-electron chi connectivity index (χ2n) is 5.64. The second-order valence-corrected chi connectivity index (χ2v) is 7.39. The number of carbonyl (C=O) groups is 1. The van der Waals surface area contributed by atoms with E-state index in [4.69, 9.17) is 0 Å². The van der Waals surface area contributed by atoms with Crippen LogP contribution in [0.15, 0.2) is 33.6 Å². The van der Waals surface area contributed by atoms with Gasteiger partial charge >= 0.3 is 5.76 Å². The van der Waals surface area contributed by atoms with Crippen LogP contribution in [-0.4, -0.2) is 30.7 Å². The van der Waals surface area contributed by atoms with Crippen LogP contribution in [0.25, 0.3) is 0 Å². The smallest absolute Gasteiger partial charge is 0.325 e. The van der Waals surface area contributed by atoms with E-state index in [1.807, 2.05) is 13.8 Å². The third-order valence-electron chi connectivity index (χ3n) is 3.16. The van der Waals surface area contributed by atoms with Crippen LogP contribution in [0, 0.1) is 5.92 Å². The van der Waals surface area contributed by atoms with Crippen molar-refractivity contribution in [2.45, 2.75) is 19.8 Å². The lowest BCUT2D eigenvalue weighted by molar-refractivity contribution is -0.118. The Hall–Kier alpha value is -2.62. The molecule has 1 heterocycles. The molecule has 0 aliphatic heterocycles. The lowest BCUT2D eigenvalue weighted by Crippen LogP contribution is -2.26. The molecule has 1 unspecified atom stereocenters. The number of anilines is 2. The SMILES string of the molecule is CC(C)C(C(=O)Nc1ccc(NS(C)(=O)=O)cc1)c1noc(=O)[nH]1. The molecule has 0 bridgehead atoms. The van der Waals surface area contributed by atoms with E-state index in [9.17, 15) is 18.0 Å². The lowest BCUT2D eigenvalue weighted by Gasteiger charge is -2.17. The average Bonchev–Trinajstić information content (AvgIpc) is 2.85. The molecule has 1 aromatic carbocycles. The molecule has 0 radical (unpaired) electrons. The van der Waals surface area contributed by atoms with Crippen molar-refractivity contribution < 1.29 is 17.7 Å². The molecule has 0 fully saturated rings. The zero-order chi connectivity index (χ0) is 17.9. The van der Waals surface area contributed by atoms with E-state index in [2.05, 4.69) is 24.7 Å². The van der Waals surface area contributed by atoms with E-state index in [1.165, 1.54) is 12.1 Å². The maximum atomic E-state index is 12.5. The molecule has 9 nitrogen and oxygen atoms in total. The maximum absolute atomic E-state index is 12.5. The van der Waals surface area contributed by atoms with E-state index >= 15 is 0 Å². The number of rotatable bonds is 6. The van der Waals surface area contributed by atoms with Gasteiger partial charge in [-0.3, -0.25) is 19.0 Å². The van der Waals surface area contributed by atoms with E-state index < -0.39 is 21.7 Å². The van der Waals surface area contributed by atoms with Crippen LogP contribution in [0.4, 0.5) is 11.4 Å².